The van der Waals surface area contributed by atoms with Gasteiger partial charge in [-0.15, -0.1) is 0 Å². The number of rotatable bonds is 5. The van der Waals surface area contributed by atoms with Crippen molar-refractivity contribution in [1.82, 2.24) is 9.13 Å². The number of hydrogen-bond acceptors (Lipinski definition) is 0. The van der Waals surface area contributed by atoms with Crippen molar-refractivity contribution >= 4 is 65.2 Å². The first-order valence-corrected chi connectivity index (χ1v) is 22.2. The van der Waals surface area contributed by atoms with E-state index >= 15 is 0 Å². The van der Waals surface area contributed by atoms with Crippen LogP contribution in [0.15, 0.2) is 231 Å². The Balaban J connectivity index is 0.870. The number of hydrogen-bond donors (Lipinski definition) is 0. The van der Waals surface area contributed by atoms with E-state index in [9.17, 15) is 0 Å². The smallest absolute Gasteiger partial charge is 0.0619 e. The summed E-state index contributed by atoms with van der Waals surface area (Å²) in [6, 6.07) is 85.2. The number of fused-ring (bicyclic) bond motifs is 11. The molecule has 0 bridgehead atoms. The van der Waals surface area contributed by atoms with Crippen LogP contribution in [0.5, 0.6) is 0 Å². The number of nitrogens with zero attached hydrogens (tertiary/aromatic N) is 2. The second kappa shape index (κ2) is 13.5. The van der Waals surface area contributed by atoms with Crippen LogP contribution < -0.4 is 0 Å². The van der Waals surface area contributed by atoms with Crippen LogP contribution in [0.1, 0.15) is 0 Å². The highest BCUT2D eigenvalue weighted by Gasteiger charge is 2.23. The zero-order valence-electron chi connectivity index (χ0n) is 34.8. The fourth-order valence-electron chi connectivity index (χ4n) is 11.0. The highest BCUT2D eigenvalue weighted by molar-refractivity contribution is 6.20. The summed E-state index contributed by atoms with van der Waals surface area (Å²) < 4.78 is 4.87. The van der Waals surface area contributed by atoms with Gasteiger partial charge in [-0.25, -0.2) is 0 Å². The van der Waals surface area contributed by atoms with E-state index in [-0.39, 0.29) is 0 Å². The second-order valence-corrected chi connectivity index (χ2v) is 17.2. The van der Waals surface area contributed by atoms with Gasteiger partial charge >= 0.3 is 0 Å². The van der Waals surface area contributed by atoms with Gasteiger partial charge in [0, 0.05) is 38.3 Å². The first-order valence-electron chi connectivity index (χ1n) is 22.2. The lowest BCUT2D eigenvalue weighted by Gasteiger charge is -2.13. The third-order valence-electron chi connectivity index (χ3n) is 13.9. The lowest BCUT2D eigenvalue weighted by Crippen LogP contribution is -1.94. The van der Waals surface area contributed by atoms with Crippen LogP contribution in [0.3, 0.4) is 0 Å². The first kappa shape index (κ1) is 35.2. The summed E-state index contributed by atoms with van der Waals surface area (Å²) in [7, 11) is 0. The van der Waals surface area contributed by atoms with Gasteiger partial charge in [-0.3, -0.25) is 0 Å². The van der Waals surface area contributed by atoms with Crippen LogP contribution in [-0.4, -0.2) is 9.13 Å². The van der Waals surface area contributed by atoms with Crippen molar-refractivity contribution in [1.29, 1.82) is 0 Å². The van der Waals surface area contributed by atoms with Crippen molar-refractivity contribution < 1.29 is 0 Å². The maximum absolute atomic E-state index is 2.44. The van der Waals surface area contributed by atoms with Crippen LogP contribution in [0.2, 0.25) is 0 Å². The summed E-state index contributed by atoms with van der Waals surface area (Å²) in [5.74, 6) is 0. The molecule has 0 saturated heterocycles. The molecule has 11 aromatic carbocycles. The zero-order valence-corrected chi connectivity index (χ0v) is 34.8. The lowest BCUT2D eigenvalue weighted by molar-refractivity contribution is 1.18. The van der Waals surface area contributed by atoms with E-state index < -0.39 is 0 Å². The summed E-state index contributed by atoms with van der Waals surface area (Å²) in [5.41, 5.74) is 19.8. The Hall–Kier alpha value is -8.46. The number of aromatic nitrogens is 2. The fraction of sp³-hybridized carbons (Fsp3) is 0. The van der Waals surface area contributed by atoms with Crippen molar-refractivity contribution in [2.75, 3.05) is 0 Å². The highest BCUT2D eigenvalue weighted by Crippen LogP contribution is 2.49. The largest absolute Gasteiger partial charge is 0.309 e. The summed E-state index contributed by atoms with van der Waals surface area (Å²) >= 11 is 0. The predicted octanol–water partition coefficient (Wildman–Crippen LogP) is 16.8. The van der Waals surface area contributed by atoms with Crippen molar-refractivity contribution in [3.05, 3.63) is 231 Å². The van der Waals surface area contributed by atoms with E-state index in [0.717, 1.165) is 5.69 Å². The van der Waals surface area contributed by atoms with Crippen LogP contribution in [0.25, 0.3) is 132 Å². The Kier molecular flexibility index (Phi) is 7.43. The van der Waals surface area contributed by atoms with Crippen LogP contribution >= 0.6 is 0 Å². The third-order valence-corrected chi connectivity index (χ3v) is 13.9. The molecule has 2 nitrogen and oxygen atoms in total. The monoisotopic (exact) mass is 810 g/mol. The van der Waals surface area contributed by atoms with Gasteiger partial charge in [0.05, 0.1) is 22.1 Å². The van der Waals surface area contributed by atoms with Crippen molar-refractivity contribution in [2.24, 2.45) is 0 Å². The summed E-state index contributed by atoms with van der Waals surface area (Å²) in [6.07, 6.45) is 0. The molecular weight excluding hydrogens is 773 g/mol. The lowest BCUT2D eigenvalue weighted by atomic mass is 9.92. The van der Waals surface area contributed by atoms with Gasteiger partial charge < -0.3 is 9.13 Å². The van der Waals surface area contributed by atoms with Gasteiger partial charge in [-0.1, -0.05) is 176 Å². The van der Waals surface area contributed by atoms with Gasteiger partial charge in [0.1, 0.15) is 0 Å². The molecule has 2 heteroatoms. The maximum Gasteiger partial charge on any atom is 0.0619 e. The van der Waals surface area contributed by atoms with Crippen molar-refractivity contribution in [2.45, 2.75) is 0 Å². The molecule has 0 aliphatic heterocycles. The number of benzene rings is 11. The van der Waals surface area contributed by atoms with Gasteiger partial charge in [-0.05, 0) is 126 Å². The molecule has 296 valence electrons. The SMILES string of the molecule is c1ccc(-n2c3ccc(-c4ccc5c6ccccc6n(-c6ccc(-c7cccc(-c8ccc9c%10c(cccc8%10)-c8ccccc8-9)c7)cc6)c5c4)cc3c3ccc4ccccc4c32)cc1. The molecule has 0 atom stereocenters. The quantitative estimate of drug-likeness (QED) is 0.164. The molecule has 1 aliphatic rings. The molecule has 2 heterocycles. The molecule has 0 fully saturated rings. The molecule has 64 heavy (non-hydrogen) atoms. The molecule has 0 saturated carbocycles. The standard InChI is InChI=1S/C62H38N2/c1-2-15-45(16-3-1)64-59-35-28-42(37-57(59)56-32-26-40-12-4-5-17-48(40)62(56)64)43-27-31-52-51-20-8-9-23-58(51)63(60(52)38-43)46-29-24-39(25-30-46)41-13-10-14-44(36-41)47-33-34-55-50-19-7-6-18-49(50)54-22-11-21-53(47)61(54)55/h1-38H. The van der Waals surface area contributed by atoms with Crippen LogP contribution in [-0.2, 0) is 0 Å². The average molecular weight is 811 g/mol. The Labute approximate surface area is 370 Å². The minimum atomic E-state index is 1.14. The van der Waals surface area contributed by atoms with E-state index in [1.807, 2.05) is 0 Å². The van der Waals surface area contributed by atoms with Gasteiger partial charge in [0.15, 0.2) is 0 Å². The van der Waals surface area contributed by atoms with Gasteiger partial charge in [0.2, 0.25) is 0 Å². The number of para-hydroxylation sites is 2. The highest BCUT2D eigenvalue weighted by atomic mass is 15.0. The second-order valence-electron chi connectivity index (χ2n) is 17.2. The average Bonchev–Trinajstić information content (AvgIpc) is 4.00. The summed E-state index contributed by atoms with van der Waals surface area (Å²) in [6.45, 7) is 0. The van der Waals surface area contributed by atoms with Crippen LogP contribution in [0, 0.1) is 0 Å². The van der Waals surface area contributed by atoms with Gasteiger partial charge in [0.25, 0.3) is 0 Å². The molecule has 0 radical (unpaired) electrons. The minimum absolute atomic E-state index is 1.14. The van der Waals surface area contributed by atoms with Crippen molar-refractivity contribution in [3.63, 3.8) is 0 Å². The fourth-order valence-corrected chi connectivity index (χ4v) is 11.0. The summed E-state index contributed by atoms with van der Waals surface area (Å²) in [4.78, 5) is 0. The Morgan fingerprint density at radius 2 is 0.812 bits per heavy atom. The maximum atomic E-state index is 2.44. The summed E-state index contributed by atoms with van der Waals surface area (Å²) in [5, 5.41) is 10.2. The van der Waals surface area contributed by atoms with Crippen LogP contribution in [0.4, 0.5) is 0 Å². The molecule has 13 aromatic rings. The zero-order chi connectivity index (χ0) is 41.9. The third kappa shape index (κ3) is 5.08. The van der Waals surface area contributed by atoms with E-state index in [2.05, 4.69) is 240 Å². The normalized spacial score (nSPS) is 12.1. The van der Waals surface area contributed by atoms with E-state index in [1.165, 1.54) is 126 Å². The van der Waals surface area contributed by atoms with E-state index in [0.29, 0.717) is 0 Å². The van der Waals surface area contributed by atoms with E-state index in [1.54, 1.807) is 0 Å². The van der Waals surface area contributed by atoms with Crippen molar-refractivity contribution in [3.8, 4) is 67.0 Å². The Morgan fingerprint density at radius 3 is 1.69 bits per heavy atom. The molecule has 0 amide bonds. The first-order chi connectivity index (χ1) is 31.7. The minimum Gasteiger partial charge on any atom is -0.309 e. The molecule has 0 N–H and O–H groups in total. The van der Waals surface area contributed by atoms with E-state index in [4.69, 9.17) is 0 Å². The van der Waals surface area contributed by atoms with Gasteiger partial charge in [-0.2, -0.15) is 0 Å². The molecule has 0 spiro atoms. The topological polar surface area (TPSA) is 9.86 Å². The molecule has 0 unspecified atom stereocenters. The molecule has 1 aliphatic carbocycles. The Bertz CT molecular complexity index is 4020. The Morgan fingerprint density at radius 1 is 0.234 bits per heavy atom. The molecule has 2 aromatic heterocycles. The molecule has 14 rings (SSSR count). The predicted molar refractivity (Wildman–Crippen MR) is 271 cm³/mol. The molecular formula is C62H38N2.